The number of hydrogen-bond acceptors (Lipinski definition) is 3. The van der Waals surface area contributed by atoms with Crippen molar-refractivity contribution in [2.75, 3.05) is 7.11 Å². The van der Waals surface area contributed by atoms with Gasteiger partial charge in [-0.3, -0.25) is 4.79 Å². The van der Waals surface area contributed by atoms with Gasteiger partial charge in [-0.15, -0.1) is 0 Å². The zero-order valence-electron chi connectivity index (χ0n) is 8.56. The van der Waals surface area contributed by atoms with Gasteiger partial charge in [0.05, 0.1) is 13.0 Å². The molecule has 0 spiro atoms. The fourth-order valence-corrected chi connectivity index (χ4v) is 0.902. The van der Waals surface area contributed by atoms with Gasteiger partial charge in [0.25, 0.3) is 0 Å². The van der Waals surface area contributed by atoms with Crippen LogP contribution in [0.4, 0.5) is 4.79 Å². The van der Waals surface area contributed by atoms with E-state index < -0.39 is 18.0 Å². The van der Waals surface area contributed by atoms with Crippen molar-refractivity contribution in [3.8, 4) is 0 Å². The standard InChI is InChI=1S/C9H15NO4/c1-4-6(2)7(8(11)12)5-10-9(13)14-3/h5-7H,4H2,1-3H3,(H,11,12). The topological polar surface area (TPSA) is 76.0 Å². The maximum Gasteiger partial charge on any atom is 0.432 e. The second-order valence-corrected chi connectivity index (χ2v) is 3.00. The molecule has 0 saturated carbocycles. The molecule has 5 nitrogen and oxygen atoms in total. The van der Waals surface area contributed by atoms with Crippen LogP contribution in [0.5, 0.6) is 0 Å². The second-order valence-electron chi connectivity index (χ2n) is 3.00. The molecule has 2 unspecified atom stereocenters. The number of rotatable bonds is 4. The van der Waals surface area contributed by atoms with Crippen molar-refractivity contribution >= 4 is 18.3 Å². The van der Waals surface area contributed by atoms with Gasteiger partial charge in [-0.2, -0.15) is 4.99 Å². The number of aliphatic imine (C=N–C) groups is 1. The lowest BCUT2D eigenvalue weighted by molar-refractivity contribution is -0.140. The molecule has 1 N–H and O–H groups in total. The summed E-state index contributed by atoms with van der Waals surface area (Å²) >= 11 is 0. The van der Waals surface area contributed by atoms with E-state index in [1.807, 2.05) is 6.92 Å². The molecule has 2 atom stereocenters. The van der Waals surface area contributed by atoms with Crippen LogP contribution in [0.25, 0.3) is 0 Å². The molecule has 14 heavy (non-hydrogen) atoms. The van der Waals surface area contributed by atoms with E-state index in [1.54, 1.807) is 6.92 Å². The van der Waals surface area contributed by atoms with Crippen LogP contribution in [0.15, 0.2) is 4.99 Å². The molecule has 0 aliphatic heterocycles. The minimum atomic E-state index is -0.980. The van der Waals surface area contributed by atoms with Gasteiger partial charge < -0.3 is 9.84 Å². The van der Waals surface area contributed by atoms with E-state index in [0.29, 0.717) is 6.42 Å². The molecule has 0 aliphatic rings. The van der Waals surface area contributed by atoms with Gasteiger partial charge >= 0.3 is 12.1 Å². The molecule has 0 radical (unpaired) electrons. The van der Waals surface area contributed by atoms with E-state index in [0.717, 1.165) is 6.21 Å². The summed E-state index contributed by atoms with van der Waals surface area (Å²) in [7, 11) is 1.19. The summed E-state index contributed by atoms with van der Waals surface area (Å²) in [5.74, 6) is -1.77. The average Bonchev–Trinajstić information content (AvgIpc) is 2.16. The summed E-state index contributed by atoms with van der Waals surface area (Å²) in [6.07, 6.45) is 1.06. The molecule has 80 valence electrons. The first kappa shape index (κ1) is 12.6. The highest BCUT2D eigenvalue weighted by atomic mass is 16.5. The van der Waals surface area contributed by atoms with Crippen molar-refractivity contribution in [2.24, 2.45) is 16.8 Å². The highest BCUT2D eigenvalue weighted by Crippen LogP contribution is 2.13. The fraction of sp³-hybridized carbons (Fsp3) is 0.667. The molecule has 0 aromatic heterocycles. The molecule has 0 rings (SSSR count). The lowest BCUT2D eigenvalue weighted by Crippen LogP contribution is -2.23. The largest absolute Gasteiger partial charge is 0.481 e. The number of hydrogen-bond donors (Lipinski definition) is 1. The first-order valence-electron chi connectivity index (χ1n) is 4.37. The van der Waals surface area contributed by atoms with Crippen LogP contribution in [0.3, 0.4) is 0 Å². The third-order valence-corrected chi connectivity index (χ3v) is 2.06. The molecule has 0 fully saturated rings. The molecule has 5 heteroatoms. The average molecular weight is 201 g/mol. The van der Waals surface area contributed by atoms with Crippen LogP contribution in [0.1, 0.15) is 20.3 Å². The highest BCUT2D eigenvalue weighted by Gasteiger charge is 2.21. The molecule has 0 aliphatic carbocycles. The van der Waals surface area contributed by atoms with E-state index in [2.05, 4.69) is 9.73 Å². The Kier molecular flexibility index (Phi) is 5.52. The summed E-state index contributed by atoms with van der Waals surface area (Å²) in [6, 6.07) is 0. The maximum absolute atomic E-state index is 10.8. The molecule has 0 aromatic rings. The van der Waals surface area contributed by atoms with Crippen LogP contribution in [-0.4, -0.2) is 30.5 Å². The predicted octanol–water partition coefficient (Wildman–Crippen LogP) is 1.57. The number of methoxy groups -OCH3 is 1. The number of aliphatic carboxylic acids is 1. The smallest absolute Gasteiger partial charge is 0.432 e. The quantitative estimate of drug-likeness (QED) is 0.700. The van der Waals surface area contributed by atoms with Gasteiger partial charge in [-0.1, -0.05) is 20.3 Å². The Balaban J connectivity index is 4.45. The second kappa shape index (κ2) is 6.12. The van der Waals surface area contributed by atoms with Crippen molar-refractivity contribution in [3.05, 3.63) is 0 Å². The Morgan fingerprint density at radius 1 is 1.57 bits per heavy atom. The van der Waals surface area contributed by atoms with Gasteiger partial charge in [-0.25, -0.2) is 4.79 Å². The first-order chi connectivity index (χ1) is 6.52. The third kappa shape index (κ3) is 4.02. The van der Waals surface area contributed by atoms with Crippen molar-refractivity contribution in [3.63, 3.8) is 0 Å². The zero-order valence-corrected chi connectivity index (χ0v) is 8.56. The van der Waals surface area contributed by atoms with E-state index in [-0.39, 0.29) is 5.92 Å². The lowest BCUT2D eigenvalue weighted by Gasteiger charge is -2.13. The van der Waals surface area contributed by atoms with E-state index in [9.17, 15) is 9.59 Å². The van der Waals surface area contributed by atoms with Crippen molar-refractivity contribution in [1.82, 2.24) is 0 Å². The molecule has 0 heterocycles. The van der Waals surface area contributed by atoms with Crippen LogP contribution >= 0.6 is 0 Å². The Hall–Kier alpha value is -1.39. The minimum absolute atomic E-state index is 0.0547. The van der Waals surface area contributed by atoms with E-state index in [1.165, 1.54) is 7.11 Å². The number of ether oxygens (including phenoxy) is 1. The Bertz CT molecular complexity index is 237. The Morgan fingerprint density at radius 3 is 2.50 bits per heavy atom. The highest BCUT2D eigenvalue weighted by molar-refractivity contribution is 5.93. The summed E-state index contributed by atoms with van der Waals surface area (Å²) in [6.45, 7) is 3.68. The van der Waals surface area contributed by atoms with E-state index in [4.69, 9.17) is 5.11 Å². The monoisotopic (exact) mass is 201 g/mol. The number of carbonyl (C=O) groups is 2. The summed E-state index contributed by atoms with van der Waals surface area (Å²) in [4.78, 5) is 24.8. The summed E-state index contributed by atoms with van der Waals surface area (Å²) < 4.78 is 4.26. The number of amides is 1. The van der Waals surface area contributed by atoms with Gasteiger partial charge in [0.1, 0.15) is 0 Å². The normalized spacial score (nSPS) is 15.1. The Labute approximate surface area is 82.8 Å². The summed E-state index contributed by atoms with van der Waals surface area (Å²) in [5.41, 5.74) is 0. The van der Waals surface area contributed by atoms with Crippen molar-refractivity contribution in [2.45, 2.75) is 20.3 Å². The SMILES string of the molecule is CCC(C)C(C=NC(=O)OC)C(=O)O. The summed E-state index contributed by atoms with van der Waals surface area (Å²) in [5, 5.41) is 8.82. The molecule has 1 amide bonds. The minimum Gasteiger partial charge on any atom is -0.481 e. The van der Waals surface area contributed by atoms with Crippen LogP contribution < -0.4 is 0 Å². The van der Waals surface area contributed by atoms with Gasteiger partial charge in [0, 0.05) is 6.21 Å². The maximum atomic E-state index is 10.8. The molecular weight excluding hydrogens is 186 g/mol. The van der Waals surface area contributed by atoms with E-state index >= 15 is 0 Å². The Morgan fingerprint density at radius 2 is 2.14 bits per heavy atom. The number of carbonyl (C=O) groups excluding carboxylic acids is 1. The number of carboxylic acid groups (broad SMARTS) is 1. The molecule has 0 bridgehead atoms. The van der Waals surface area contributed by atoms with Crippen LogP contribution in [-0.2, 0) is 9.53 Å². The fourth-order valence-electron chi connectivity index (χ4n) is 0.902. The third-order valence-electron chi connectivity index (χ3n) is 2.06. The van der Waals surface area contributed by atoms with Gasteiger partial charge in [0.2, 0.25) is 0 Å². The van der Waals surface area contributed by atoms with Gasteiger partial charge in [-0.05, 0) is 5.92 Å². The van der Waals surface area contributed by atoms with Crippen LogP contribution in [0.2, 0.25) is 0 Å². The van der Waals surface area contributed by atoms with Crippen molar-refractivity contribution in [1.29, 1.82) is 0 Å². The van der Waals surface area contributed by atoms with Crippen LogP contribution in [0, 0.1) is 11.8 Å². The molecule has 0 saturated heterocycles. The number of nitrogens with zero attached hydrogens (tertiary/aromatic N) is 1. The molecule has 0 aromatic carbocycles. The number of carboxylic acids is 1. The lowest BCUT2D eigenvalue weighted by atomic mass is 9.93. The first-order valence-corrected chi connectivity index (χ1v) is 4.37. The van der Waals surface area contributed by atoms with Gasteiger partial charge in [0.15, 0.2) is 0 Å². The van der Waals surface area contributed by atoms with Crippen molar-refractivity contribution < 1.29 is 19.4 Å². The zero-order chi connectivity index (χ0) is 11.1. The predicted molar refractivity (Wildman–Crippen MR) is 51.5 cm³/mol. The molecular formula is C9H15NO4.